The molecule has 0 aliphatic rings. The summed E-state index contributed by atoms with van der Waals surface area (Å²) in [6, 6.07) is 7.10. The maximum atomic E-state index is 13.1. The zero-order chi connectivity index (χ0) is 19.2. The molecule has 2 aromatic heterocycles. The highest BCUT2D eigenvalue weighted by Crippen LogP contribution is 2.31. The average Bonchev–Trinajstić information content (AvgIpc) is 2.86. The van der Waals surface area contributed by atoms with Crippen LogP contribution < -0.4 is 5.56 Å². The number of carboxylic acid groups (broad SMARTS) is 1. The lowest BCUT2D eigenvalue weighted by molar-refractivity contribution is -0.141. The van der Waals surface area contributed by atoms with Crippen LogP contribution in [-0.2, 0) is 12.7 Å². The van der Waals surface area contributed by atoms with E-state index >= 15 is 0 Å². The van der Waals surface area contributed by atoms with Crippen molar-refractivity contribution in [2.45, 2.75) is 19.6 Å². The molecule has 0 aliphatic heterocycles. The maximum absolute atomic E-state index is 13.1. The summed E-state index contributed by atoms with van der Waals surface area (Å²) in [5, 5.41) is 8.99. The van der Waals surface area contributed by atoms with Gasteiger partial charge in [-0.2, -0.15) is 13.2 Å². The molecule has 6 nitrogen and oxygen atoms in total. The first-order chi connectivity index (χ1) is 12.1. The van der Waals surface area contributed by atoms with E-state index in [-0.39, 0.29) is 17.4 Å². The van der Waals surface area contributed by atoms with Crippen LogP contribution in [0.15, 0.2) is 39.6 Å². The first kappa shape index (κ1) is 18.2. The van der Waals surface area contributed by atoms with Gasteiger partial charge in [0.05, 0.1) is 11.1 Å². The lowest BCUT2D eigenvalue weighted by Gasteiger charge is -2.12. The SMILES string of the molecule is CCn1c2c(C(=O)O)nc(C(F)(F)F)cc2c(=O)n1-c1ccc(Br)cc1. The number of carboxylic acids is 1. The van der Waals surface area contributed by atoms with E-state index in [1.807, 2.05) is 0 Å². The van der Waals surface area contributed by atoms with Gasteiger partial charge in [0.25, 0.3) is 5.56 Å². The molecule has 0 unspecified atom stereocenters. The van der Waals surface area contributed by atoms with E-state index in [2.05, 4.69) is 20.9 Å². The molecule has 3 aromatic rings. The van der Waals surface area contributed by atoms with Gasteiger partial charge in [-0.15, -0.1) is 0 Å². The number of hydrogen-bond donors (Lipinski definition) is 1. The van der Waals surface area contributed by atoms with Crippen molar-refractivity contribution in [2.24, 2.45) is 0 Å². The fourth-order valence-corrected chi connectivity index (χ4v) is 2.98. The summed E-state index contributed by atoms with van der Waals surface area (Å²) in [5.74, 6) is -1.64. The molecular formula is C16H11BrF3N3O3. The van der Waals surface area contributed by atoms with Gasteiger partial charge in [0.2, 0.25) is 0 Å². The summed E-state index contributed by atoms with van der Waals surface area (Å²) >= 11 is 3.26. The van der Waals surface area contributed by atoms with Crippen molar-refractivity contribution in [2.75, 3.05) is 0 Å². The van der Waals surface area contributed by atoms with Crippen molar-refractivity contribution < 1.29 is 23.1 Å². The number of nitrogens with zero attached hydrogens (tertiary/aromatic N) is 3. The van der Waals surface area contributed by atoms with Crippen molar-refractivity contribution in [1.82, 2.24) is 14.3 Å². The van der Waals surface area contributed by atoms with Crippen LogP contribution in [0, 0.1) is 0 Å². The number of aromatic carboxylic acids is 1. The van der Waals surface area contributed by atoms with Gasteiger partial charge in [-0.3, -0.25) is 9.48 Å². The zero-order valence-corrected chi connectivity index (χ0v) is 14.8. The number of carbonyl (C=O) groups is 1. The lowest BCUT2D eigenvalue weighted by Crippen LogP contribution is -2.20. The summed E-state index contributed by atoms with van der Waals surface area (Å²) in [7, 11) is 0. The number of hydrogen-bond acceptors (Lipinski definition) is 3. The smallest absolute Gasteiger partial charge is 0.433 e. The van der Waals surface area contributed by atoms with E-state index in [1.54, 1.807) is 31.2 Å². The van der Waals surface area contributed by atoms with E-state index in [4.69, 9.17) is 0 Å². The normalized spacial score (nSPS) is 11.9. The van der Waals surface area contributed by atoms with Gasteiger partial charge < -0.3 is 5.11 Å². The van der Waals surface area contributed by atoms with E-state index in [0.29, 0.717) is 11.8 Å². The van der Waals surface area contributed by atoms with Crippen molar-refractivity contribution in [3.05, 3.63) is 56.5 Å². The minimum Gasteiger partial charge on any atom is -0.476 e. The molecule has 10 heteroatoms. The third-order valence-corrected chi connectivity index (χ3v) is 4.31. The number of alkyl halides is 3. The van der Waals surface area contributed by atoms with Crippen molar-refractivity contribution >= 4 is 32.8 Å². The highest BCUT2D eigenvalue weighted by atomic mass is 79.9. The molecular weight excluding hydrogens is 419 g/mol. The summed E-state index contributed by atoms with van der Waals surface area (Å²) in [6.45, 7) is 1.81. The summed E-state index contributed by atoms with van der Waals surface area (Å²) in [5.41, 5.74) is -2.75. The second-order valence-electron chi connectivity index (χ2n) is 5.36. The fraction of sp³-hybridized carbons (Fsp3) is 0.188. The second-order valence-corrected chi connectivity index (χ2v) is 6.28. The summed E-state index contributed by atoms with van der Waals surface area (Å²) < 4.78 is 42.4. The first-order valence-corrected chi connectivity index (χ1v) is 8.17. The number of rotatable bonds is 3. The predicted octanol–water partition coefficient (Wildman–Crippen LogP) is 3.69. The number of aromatic nitrogens is 3. The minimum absolute atomic E-state index is 0.152. The zero-order valence-electron chi connectivity index (χ0n) is 13.2. The first-order valence-electron chi connectivity index (χ1n) is 7.38. The molecule has 1 N–H and O–H groups in total. The molecule has 0 bridgehead atoms. The van der Waals surface area contributed by atoms with Gasteiger partial charge in [0.15, 0.2) is 5.69 Å². The topological polar surface area (TPSA) is 77.1 Å². The highest BCUT2D eigenvalue weighted by molar-refractivity contribution is 9.10. The van der Waals surface area contributed by atoms with Gasteiger partial charge in [0, 0.05) is 11.0 Å². The molecule has 1 aromatic carbocycles. The predicted molar refractivity (Wildman–Crippen MR) is 90.7 cm³/mol. The van der Waals surface area contributed by atoms with Crippen LogP contribution in [-0.4, -0.2) is 25.4 Å². The highest BCUT2D eigenvalue weighted by Gasteiger charge is 2.35. The monoisotopic (exact) mass is 429 g/mol. The Morgan fingerprint density at radius 1 is 1.27 bits per heavy atom. The Kier molecular flexibility index (Phi) is 4.39. The Morgan fingerprint density at radius 2 is 1.88 bits per heavy atom. The Hall–Kier alpha value is -2.62. The Labute approximate surface area is 152 Å². The molecule has 136 valence electrons. The van der Waals surface area contributed by atoms with E-state index < -0.39 is 29.1 Å². The molecule has 0 radical (unpaired) electrons. The third-order valence-electron chi connectivity index (χ3n) is 3.78. The quantitative estimate of drug-likeness (QED) is 0.688. The van der Waals surface area contributed by atoms with Crippen LogP contribution in [0.2, 0.25) is 0 Å². The van der Waals surface area contributed by atoms with Crippen molar-refractivity contribution in [3.8, 4) is 5.69 Å². The Morgan fingerprint density at radius 3 is 2.38 bits per heavy atom. The Bertz CT molecular complexity index is 1070. The number of halogens is 4. The molecule has 0 aliphatic carbocycles. The van der Waals surface area contributed by atoms with E-state index in [0.717, 1.165) is 9.15 Å². The molecule has 0 saturated carbocycles. The summed E-state index contributed by atoms with van der Waals surface area (Å²) in [4.78, 5) is 27.5. The van der Waals surface area contributed by atoms with Crippen LogP contribution in [0.1, 0.15) is 23.1 Å². The molecule has 2 heterocycles. The number of pyridine rings is 1. The third kappa shape index (κ3) is 2.90. The molecule has 0 spiro atoms. The van der Waals surface area contributed by atoms with Crippen LogP contribution >= 0.6 is 15.9 Å². The van der Waals surface area contributed by atoms with Gasteiger partial charge in [0.1, 0.15) is 11.2 Å². The molecule has 0 atom stereocenters. The van der Waals surface area contributed by atoms with Gasteiger partial charge in [-0.1, -0.05) is 15.9 Å². The van der Waals surface area contributed by atoms with Gasteiger partial charge >= 0.3 is 12.1 Å². The molecule has 3 rings (SSSR count). The number of aryl methyl sites for hydroxylation is 1. The number of benzene rings is 1. The average molecular weight is 430 g/mol. The molecule has 0 fully saturated rings. The van der Waals surface area contributed by atoms with Crippen LogP contribution in [0.5, 0.6) is 0 Å². The molecule has 0 saturated heterocycles. The second kappa shape index (κ2) is 6.27. The Balaban J connectivity index is 2.47. The summed E-state index contributed by atoms with van der Waals surface area (Å²) in [6.07, 6.45) is -4.87. The lowest BCUT2D eigenvalue weighted by atomic mass is 10.2. The van der Waals surface area contributed by atoms with Crippen molar-refractivity contribution in [3.63, 3.8) is 0 Å². The maximum Gasteiger partial charge on any atom is 0.433 e. The fourth-order valence-electron chi connectivity index (χ4n) is 2.72. The van der Waals surface area contributed by atoms with Gasteiger partial charge in [-0.25, -0.2) is 14.5 Å². The standard InChI is InChI=1S/C16H11BrF3N3O3/c1-2-22-13-10(7-11(16(18,19)20)21-12(13)15(25)26)14(24)23(22)9-5-3-8(17)4-6-9/h3-7H,2H2,1H3,(H,25,26). The van der Waals surface area contributed by atoms with Crippen molar-refractivity contribution in [1.29, 1.82) is 0 Å². The molecule has 0 amide bonds. The number of fused-ring (bicyclic) bond motifs is 1. The van der Waals surface area contributed by atoms with E-state index in [1.165, 1.54) is 4.68 Å². The molecule has 26 heavy (non-hydrogen) atoms. The van der Waals surface area contributed by atoms with Crippen LogP contribution in [0.4, 0.5) is 13.2 Å². The largest absolute Gasteiger partial charge is 0.476 e. The van der Waals surface area contributed by atoms with Gasteiger partial charge in [-0.05, 0) is 37.3 Å². The van der Waals surface area contributed by atoms with E-state index in [9.17, 15) is 27.9 Å². The minimum atomic E-state index is -4.87. The van der Waals surface area contributed by atoms with Crippen LogP contribution in [0.25, 0.3) is 16.6 Å². The van der Waals surface area contributed by atoms with Crippen LogP contribution in [0.3, 0.4) is 0 Å².